The molecule has 0 saturated carbocycles. The molecule has 0 aromatic rings. The lowest BCUT2D eigenvalue weighted by molar-refractivity contribution is -0.136. The minimum absolute atomic E-state index is 0.00116. The number of hydrogen-bond donors (Lipinski definition) is 0. The minimum atomic E-state index is -1.80. The van der Waals surface area contributed by atoms with E-state index in [1.54, 1.807) is 13.8 Å². The van der Waals surface area contributed by atoms with Crippen molar-refractivity contribution in [1.29, 1.82) is 0 Å². The van der Waals surface area contributed by atoms with E-state index in [1.807, 2.05) is 20.1 Å². The second-order valence-corrected chi connectivity index (χ2v) is 10.5. The van der Waals surface area contributed by atoms with Crippen LogP contribution in [-0.4, -0.2) is 17.9 Å². The van der Waals surface area contributed by atoms with Gasteiger partial charge in [0, 0.05) is 0 Å². The number of carbonyl (C=O) groups is 2. The van der Waals surface area contributed by atoms with Crippen molar-refractivity contribution >= 4 is 17.9 Å². The predicted molar refractivity (Wildman–Crippen MR) is 136 cm³/mol. The highest BCUT2D eigenvalue weighted by atomic mass is 16.2. The van der Waals surface area contributed by atoms with Crippen molar-refractivity contribution in [3.8, 4) is 0 Å². The molecule has 0 fully saturated rings. The molecule has 0 aliphatic rings. The van der Waals surface area contributed by atoms with Gasteiger partial charge in [-0.15, -0.1) is 0 Å². The number of hydrogen-bond acceptors (Lipinski definition) is 3. The van der Waals surface area contributed by atoms with Crippen LogP contribution in [-0.2, 0) is 14.4 Å². The molecule has 1 unspecified atom stereocenters. The molecule has 1 atom stereocenters. The molecular formula is C29H49O3. The van der Waals surface area contributed by atoms with Crippen molar-refractivity contribution in [1.82, 2.24) is 0 Å². The third-order valence-electron chi connectivity index (χ3n) is 6.56. The van der Waals surface area contributed by atoms with E-state index < -0.39 is 17.0 Å². The zero-order valence-electron chi connectivity index (χ0n) is 21.9. The molecule has 0 N–H and O–H groups in total. The van der Waals surface area contributed by atoms with Gasteiger partial charge in [0.1, 0.15) is 0 Å². The number of unbranched alkanes of at least 4 members (excludes halogenated alkanes) is 9. The van der Waals surface area contributed by atoms with Gasteiger partial charge in [0.2, 0.25) is 6.29 Å². The Labute approximate surface area is 198 Å². The molecule has 0 amide bonds. The standard InChI is InChI=1S/C29H49O3/c1-22(2)19-17-15-13-11-9-10-12-14-16-18-20-26(23(3)4)29(21-30,27(31)24(5)6)28(32)25(7)8/h22-23,26H,5,7,9-20H2,1-4,6,8H3. The van der Waals surface area contributed by atoms with Gasteiger partial charge < -0.3 is 0 Å². The molecule has 0 heterocycles. The lowest BCUT2D eigenvalue weighted by Crippen LogP contribution is -2.49. The highest BCUT2D eigenvalue weighted by Gasteiger charge is 2.53. The molecule has 0 rings (SSSR count). The van der Waals surface area contributed by atoms with Gasteiger partial charge in [0.25, 0.3) is 0 Å². The Morgan fingerprint density at radius 3 is 1.31 bits per heavy atom. The molecule has 0 spiro atoms. The summed E-state index contributed by atoms with van der Waals surface area (Å²) < 4.78 is 0. The number of ketones is 2. The average Bonchev–Trinajstić information content (AvgIpc) is 2.72. The molecule has 3 nitrogen and oxygen atoms in total. The van der Waals surface area contributed by atoms with E-state index in [0.717, 1.165) is 25.2 Å². The molecule has 0 aliphatic heterocycles. The minimum Gasteiger partial charge on any atom is -0.293 e. The van der Waals surface area contributed by atoms with Crippen LogP contribution in [0.5, 0.6) is 0 Å². The lowest BCUT2D eigenvalue weighted by atomic mass is 9.62. The maximum absolute atomic E-state index is 13.0. The smallest absolute Gasteiger partial charge is 0.222 e. The fourth-order valence-electron chi connectivity index (χ4n) is 4.66. The zero-order valence-corrected chi connectivity index (χ0v) is 21.9. The Bertz CT molecular complexity index is 586. The van der Waals surface area contributed by atoms with Gasteiger partial charge >= 0.3 is 0 Å². The second kappa shape index (κ2) is 16.2. The topological polar surface area (TPSA) is 51.2 Å². The largest absolute Gasteiger partial charge is 0.293 e. The fraction of sp³-hybridized carbons (Fsp3) is 0.759. The molecule has 183 valence electrons. The number of Topliss-reactive ketones (excluding diaryl/α,β-unsaturated/α-hetero) is 2. The van der Waals surface area contributed by atoms with Crippen LogP contribution in [0.25, 0.3) is 0 Å². The van der Waals surface area contributed by atoms with Crippen LogP contribution >= 0.6 is 0 Å². The first-order chi connectivity index (χ1) is 15.0. The number of carbonyl (C=O) groups excluding carboxylic acids is 3. The fourth-order valence-corrected chi connectivity index (χ4v) is 4.66. The summed E-state index contributed by atoms with van der Waals surface area (Å²) in [6.07, 6.45) is 16.2. The summed E-state index contributed by atoms with van der Waals surface area (Å²) in [6.45, 7) is 19.1. The summed E-state index contributed by atoms with van der Waals surface area (Å²) in [5, 5.41) is 0. The van der Waals surface area contributed by atoms with Crippen LogP contribution in [0.2, 0.25) is 0 Å². The van der Waals surface area contributed by atoms with Crippen molar-refractivity contribution in [3.05, 3.63) is 24.3 Å². The molecule has 3 heteroatoms. The molecule has 1 radical (unpaired) electrons. The predicted octanol–water partition coefficient (Wildman–Crippen LogP) is 7.98. The Hall–Kier alpha value is -1.51. The van der Waals surface area contributed by atoms with Gasteiger partial charge in [-0.3, -0.25) is 14.4 Å². The van der Waals surface area contributed by atoms with Crippen molar-refractivity contribution in [2.24, 2.45) is 23.2 Å². The molecule has 0 aromatic heterocycles. The van der Waals surface area contributed by atoms with Crippen molar-refractivity contribution in [3.63, 3.8) is 0 Å². The number of allylic oxidation sites excluding steroid dienone is 2. The molecular weight excluding hydrogens is 396 g/mol. The van der Waals surface area contributed by atoms with Crippen molar-refractivity contribution in [2.45, 2.75) is 119 Å². The van der Waals surface area contributed by atoms with Crippen LogP contribution < -0.4 is 0 Å². The van der Waals surface area contributed by atoms with Gasteiger partial charge in [-0.2, -0.15) is 0 Å². The van der Waals surface area contributed by atoms with Crippen LogP contribution in [0.15, 0.2) is 24.3 Å². The molecule has 0 saturated heterocycles. The first-order valence-electron chi connectivity index (χ1n) is 12.8. The van der Waals surface area contributed by atoms with Crippen LogP contribution in [0.1, 0.15) is 119 Å². The van der Waals surface area contributed by atoms with E-state index in [1.165, 1.54) is 51.4 Å². The Morgan fingerprint density at radius 1 is 0.688 bits per heavy atom. The van der Waals surface area contributed by atoms with E-state index in [2.05, 4.69) is 27.0 Å². The highest BCUT2D eigenvalue weighted by molar-refractivity contribution is 6.27. The summed E-state index contributed by atoms with van der Waals surface area (Å²) in [4.78, 5) is 38.1. The molecule has 0 bridgehead atoms. The van der Waals surface area contributed by atoms with Crippen LogP contribution in [0.4, 0.5) is 0 Å². The first kappa shape index (κ1) is 30.5. The zero-order chi connectivity index (χ0) is 24.7. The third-order valence-corrected chi connectivity index (χ3v) is 6.56. The first-order valence-corrected chi connectivity index (χ1v) is 12.8. The quantitative estimate of drug-likeness (QED) is 0.108. The van der Waals surface area contributed by atoms with Gasteiger partial charge in [-0.05, 0) is 49.2 Å². The van der Waals surface area contributed by atoms with Gasteiger partial charge in [-0.1, -0.05) is 111 Å². The second-order valence-electron chi connectivity index (χ2n) is 10.5. The third kappa shape index (κ3) is 9.96. The number of rotatable bonds is 20. The maximum atomic E-state index is 13.0. The van der Waals surface area contributed by atoms with E-state index >= 15 is 0 Å². The molecule has 0 aliphatic carbocycles. The van der Waals surface area contributed by atoms with Gasteiger partial charge in [0.15, 0.2) is 17.0 Å². The Balaban J connectivity index is 4.63. The van der Waals surface area contributed by atoms with Crippen molar-refractivity contribution in [2.75, 3.05) is 0 Å². The normalized spacial score (nSPS) is 12.8. The average molecular weight is 446 g/mol. The summed E-state index contributed by atoms with van der Waals surface area (Å²) in [5.41, 5.74) is -1.36. The summed E-state index contributed by atoms with van der Waals surface area (Å²) in [5.74, 6) is -0.587. The Morgan fingerprint density at radius 2 is 1.03 bits per heavy atom. The summed E-state index contributed by atoms with van der Waals surface area (Å²) >= 11 is 0. The van der Waals surface area contributed by atoms with E-state index in [4.69, 9.17) is 0 Å². The lowest BCUT2D eigenvalue weighted by Gasteiger charge is -2.36. The van der Waals surface area contributed by atoms with E-state index in [9.17, 15) is 14.4 Å². The SMILES string of the molecule is C=C(C)C(=O)C([C]=O)(C(=O)C(=C)C)C(CCCCCCCCCCCCC(C)C)C(C)C. The summed E-state index contributed by atoms with van der Waals surface area (Å²) in [6, 6.07) is 0. The van der Waals surface area contributed by atoms with E-state index in [-0.39, 0.29) is 23.0 Å². The van der Waals surface area contributed by atoms with Crippen molar-refractivity contribution < 1.29 is 14.4 Å². The molecule has 32 heavy (non-hydrogen) atoms. The monoisotopic (exact) mass is 445 g/mol. The Kier molecular flexibility index (Phi) is 15.4. The summed E-state index contributed by atoms with van der Waals surface area (Å²) in [7, 11) is 0. The van der Waals surface area contributed by atoms with E-state index in [0.29, 0.717) is 6.42 Å². The van der Waals surface area contributed by atoms with Gasteiger partial charge in [-0.25, -0.2) is 0 Å². The maximum Gasteiger partial charge on any atom is 0.222 e. The van der Waals surface area contributed by atoms with Crippen LogP contribution in [0, 0.1) is 23.2 Å². The van der Waals surface area contributed by atoms with Crippen LogP contribution in [0.3, 0.4) is 0 Å². The highest BCUT2D eigenvalue weighted by Crippen LogP contribution is 2.40. The van der Waals surface area contributed by atoms with Gasteiger partial charge in [0.05, 0.1) is 0 Å². The molecule has 0 aromatic carbocycles.